The van der Waals surface area contributed by atoms with Crippen molar-refractivity contribution >= 4 is 40.1 Å². The molecule has 10 heteroatoms. The van der Waals surface area contributed by atoms with Crippen molar-refractivity contribution in [3.05, 3.63) is 89.7 Å². The molecule has 0 aliphatic carbocycles. The van der Waals surface area contributed by atoms with Gasteiger partial charge in [-0.2, -0.15) is 0 Å². The van der Waals surface area contributed by atoms with Crippen molar-refractivity contribution in [3.63, 3.8) is 0 Å². The maximum atomic E-state index is 14.7. The van der Waals surface area contributed by atoms with E-state index in [4.69, 9.17) is 5.73 Å². The third-order valence-electron chi connectivity index (χ3n) is 5.82. The smallest absolute Gasteiger partial charge is 0.282 e. The van der Waals surface area contributed by atoms with E-state index in [1.54, 1.807) is 18.2 Å². The largest absolute Gasteiger partial charge is 0.384 e. The molecule has 0 saturated heterocycles. The quantitative estimate of drug-likeness (QED) is 0.364. The number of alkyl halides is 2. The number of halogens is 2. The first-order chi connectivity index (χ1) is 16.7. The van der Waals surface area contributed by atoms with Crippen molar-refractivity contribution in [2.75, 3.05) is 16.4 Å². The number of carbonyl (C=O) groups excluding carboxylic acids is 1. The van der Waals surface area contributed by atoms with Gasteiger partial charge in [-0.15, -0.1) is 11.8 Å². The fourth-order valence-electron chi connectivity index (χ4n) is 4.06. The van der Waals surface area contributed by atoms with Crippen molar-refractivity contribution in [2.45, 2.75) is 23.1 Å². The van der Waals surface area contributed by atoms with Gasteiger partial charge in [-0.3, -0.25) is 14.7 Å². The van der Waals surface area contributed by atoms with Gasteiger partial charge in [0.2, 0.25) is 0 Å². The first kappa shape index (κ1) is 23.2. The van der Waals surface area contributed by atoms with Gasteiger partial charge in [0, 0.05) is 46.0 Å². The molecule has 7 nitrogen and oxygen atoms in total. The third kappa shape index (κ3) is 4.09. The maximum absolute atomic E-state index is 14.7. The third-order valence-corrected chi connectivity index (χ3v) is 6.94. The molecule has 2 aromatic heterocycles. The number of carbonyl (C=O) groups is 1. The number of nitrogens with two attached hydrogens (primary N) is 1. The van der Waals surface area contributed by atoms with Crippen molar-refractivity contribution in [1.82, 2.24) is 9.97 Å². The van der Waals surface area contributed by atoms with Crippen molar-refractivity contribution in [3.8, 4) is 0 Å². The minimum Gasteiger partial charge on any atom is -0.384 e. The minimum atomic E-state index is -3.11. The second-order valence-corrected chi connectivity index (χ2v) is 9.22. The lowest BCUT2D eigenvalue weighted by Gasteiger charge is -2.38. The number of thioether (sulfide) groups is 1. The zero-order valence-corrected chi connectivity index (χ0v) is 19.0. The Hall–Kier alpha value is -3.60. The highest BCUT2D eigenvalue weighted by molar-refractivity contribution is 7.99. The number of anilines is 2. The number of benzene rings is 2. The Kier molecular flexibility index (Phi) is 5.66. The molecule has 4 N–H and O–H groups in total. The zero-order chi connectivity index (χ0) is 24.8. The highest BCUT2D eigenvalue weighted by Gasteiger charge is 2.44. The van der Waals surface area contributed by atoms with Gasteiger partial charge < -0.3 is 15.9 Å². The first-order valence-electron chi connectivity index (χ1n) is 10.7. The van der Waals surface area contributed by atoms with Crippen molar-refractivity contribution < 1.29 is 23.8 Å². The summed E-state index contributed by atoms with van der Waals surface area (Å²) in [6.07, 6.45) is 2.38. The molecule has 0 radical (unpaired) electrons. The Bertz CT molecular complexity index is 1430. The molecule has 3 heterocycles. The average molecular weight is 495 g/mol. The van der Waals surface area contributed by atoms with Crippen LogP contribution in [-0.2, 0) is 11.8 Å². The molecule has 0 atom stereocenters. The van der Waals surface area contributed by atoms with E-state index < -0.39 is 17.7 Å². The van der Waals surface area contributed by atoms with Crippen LogP contribution in [0.3, 0.4) is 0 Å². The van der Waals surface area contributed by atoms with Gasteiger partial charge in [-0.1, -0.05) is 24.3 Å². The summed E-state index contributed by atoms with van der Waals surface area (Å²) < 4.78 is 29.4. The van der Waals surface area contributed by atoms with Gasteiger partial charge in [0.05, 0.1) is 16.8 Å². The molecule has 0 bridgehead atoms. The van der Waals surface area contributed by atoms with Crippen LogP contribution in [0.25, 0.3) is 10.9 Å². The standard InChI is InChI=1S/C25H20F2N4O3S/c26-24(27)10-12-35-22-18(24)4-1-5-20(22)31(23(32)16-3-2-11-29-14-16)25(33,34)17-8-6-15-7-9-21(28)30-19(15)13-17/h1-9,11,13-14,33-34H,10,12H2,(H2,28,30). The first-order valence-corrected chi connectivity index (χ1v) is 11.7. The molecule has 2 aromatic carbocycles. The lowest BCUT2D eigenvalue weighted by Crippen LogP contribution is -2.50. The number of aliphatic hydroxyl groups is 2. The molecule has 0 unspecified atom stereocenters. The minimum absolute atomic E-state index is 0.0494. The topological polar surface area (TPSA) is 113 Å². The van der Waals surface area contributed by atoms with Crippen molar-refractivity contribution in [1.29, 1.82) is 0 Å². The van der Waals surface area contributed by atoms with E-state index in [1.807, 2.05) is 0 Å². The number of hydrogen-bond acceptors (Lipinski definition) is 7. The van der Waals surface area contributed by atoms with E-state index in [9.17, 15) is 23.8 Å². The number of hydrogen-bond donors (Lipinski definition) is 3. The van der Waals surface area contributed by atoms with Crippen molar-refractivity contribution in [2.24, 2.45) is 0 Å². The number of amides is 1. The predicted octanol–water partition coefficient (Wildman–Crippen LogP) is 4.24. The van der Waals surface area contributed by atoms with Crippen LogP contribution in [0.2, 0.25) is 0 Å². The van der Waals surface area contributed by atoms with Crippen LogP contribution in [-0.4, -0.2) is 31.8 Å². The van der Waals surface area contributed by atoms with Crippen LogP contribution in [0.1, 0.15) is 27.9 Å². The number of fused-ring (bicyclic) bond motifs is 2. The van der Waals surface area contributed by atoms with E-state index in [0.29, 0.717) is 15.8 Å². The van der Waals surface area contributed by atoms with E-state index in [0.717, 1.165) is 11.8 Å². The van der Waals surface area contributed by atoms with E-state index >= 15 is 0 Å². The summed E-state index contributed by atoms with van der Waals surface area (Å²) in [5.41, 5.74) is 5.80. The number of aromatic nitrogens is 2. The van der Waals surface area contributed by atoms with Crippen LogP contribution in [0.4, 0.5) is 20.3 Å². The summed E-state index contributed by atoms with van der Waals surface area (Å²) in [4.78, 5) is 22.6. The molecular weight excluding hydrogens is 474 g/mol. The number of rotatable bonds is 4. The lowest BCUT2D eigenvalue weighted by molar-refractivity contribution is -0.163. The van der Waals surface area contributed by atoms with Gasteiger partial charge >= 0.3 is 0 Å². The molecule has 178 valence electrons. The maximum Gasteiger partial charge on any atom is 0.282 e. The summed E-state index contributed by atoms with van der Waals surface area (Å²) in [5, 5.41) is 23.6. The number of nitrogen functional groups attached to an aromatic ring is 1. The van der Waals surface area contributed by atoms with Gasteiger partial charge in [0.15, 0.2) is 0 Å². The molecule has 4 aromatic rings. The fraction of sp³-hybridized carbons (Fsp3) is 0.160. The second kappa shape index (κ2) is 8.56. The number of pyridine rings is 2. The molecule has 1 aliphatic heterocycles. The SMILES string of the molecule is Nc1ccc2ccc(C(O)(O)N(C(=O)c3cccnc3)c3cccc4c3SCCC4(F)F)cc2n1. The Balaban J connectivity index is 1.72. The summed E-state index contributed by atoms with van der Waals surface area (Å²) in [5.74, 6) is -6.52. The monoisotopic (exact) mass is 494 g/mol. The van der Waals surface area contributed by atoms with Crippen LogP contribution in [0.15, 0.2) is 78.0 Å². The number of nitrogens with zero attached hydrogens (tertiary/aromatic N) is 3. The lowest BCUT2D eigenvalue weighted by atomic mass is 10.0. The van der Waals surface area contributed by atoms with E-state index in [-0.39, 0.29) is 45.3 Å². The normalized spacial score (nSPS) is 15.0. The van der Waals surface area contributed by atoms with Gasteiger partial charge in [-0.25, -0.2) is 13.8 Å². The fourth-order valence-corrected chi connectivity index (χ4v) is 5.31. The Labute approximate surface area is 203 Å². The van der Waals surface area contributed by atoms with E-state index in [1.165, 1.54) is 54.9 Å². The molecule has 1 aliphatic rings. The van der Waals surface area contributed by atoms with Crippen LogP contribution in [0, 0.1) is 0 Å². The van der Waals surface area contributed by atoms with Gasteiger partial charge in [-0.05, 0) is 36.4 Å². The summed E-state index contributed by atoms with van der Waals surface area (Å²) in [7, 11) is 0. The summed E-state index contributed by atoms with van der Waals surface area (Å²) >= 11 is 1.13. The molecule has 0 spiro atoms. The molecular formula is C25H20F2N4O3S. The van der Waals surface area contributed by atoms with Gasteiger partial charge in [0.25, 0.3) is 17.7 Å². The van der Waals surface area contributed by atoms with E-state index in [2.05, 4.69) is 9.97 Å². The highest BCUT2D eigenvalue weighted by atomic mass is 32.2. The second-order valence-electron chi connectivity index (χ2n) is 8.12. The molecule has 0 saturated carbocycles. The molecule has 5 rings (SSSR count). The van der Waals surface area contributed by atoms with Crippen LogP contribution in [0.5, 0.6) is 0 Å². The van der Waals surface area contributed by atoms with Crippen LogP contribution < -0.4 is 10.6 Å². The summed E-state index contributed by atoms with van der Waals surface area (Å²) in [6, 6.07) is 14.8. The Morgan fingerprint density at radius 3 is 2.69 bits per heavy atom. The predicted molar refractivity (Wildman–Crippen MR) is 129 cm³/mol. The molecule has 35 heavy (non-hydrogen) atoms. The zero-order valence-electron chi connectivity index (χ0n) is 18.2. The summed E-state index contributed by atoms with van der Waals surface area (Å²) in [6.45, 7) is 0. The van der Waals surface area contributed by atoms with Gasteiger partial charge in [0.1, 0.15) is 5.82 Å². The van der Waals surface area contributed by atoms with Crippen LogP contribution >= 0.6 is 11.8 Å². The Morgan fingerprint density at radius 2 is 1.91 bits per heavy atom. The highest BCUT2D eigenvalue weighted by Crippen LogP contribution is 2.49. The average Bonchev–Trinajstić information content (AvgIpc) is 2.84. The Morgan fingerprint density at radius 1 is 1.11 bits per heavy atom. The molecule has 1 amide bonds. The molecule has 0 fully saturated rings.